The standard InChI is InChI=1S/C13H16N4O2/c1-3-14-11-6-4-10(5-7-11)13(18)15-8-12-16-9(2)19-17-12/h4-7,14H,3,8H2,1-2H3,(H,15,18). The number of aromatic nitrogens is 2. The van der Waals surface area contributed by atoms with E-state index in [1.54, 1.807) is 19.1 Å². The molecule has 1 aromatic heterocycles. The fraction of sp³-hybridized carbons (Fsp3) is 0.308. The predicted octanol–water partition coefficient (Wildman–Crippen LogP) is 1.74. The molecule has 1 amide bonds. The molecule has 19 heavy (non-hydrogen) atoms. The molecule has 6 heteroatoms. The molecule has 0 spiro atoms. The maximum atomic E-state index is 11.9. The quantitative estimate of drug-likeness (QED) is 0.856. The van der Waals surface area contributed by atoms with Crippen molar-refractivity contribution in [3.05, 3.63) is 41.5 Å². The van der Waals surface area contributed by atoms with Gasteiger partial charge in [-0.3, -0.25) is 4.79 Å². The fourth-order valence-electron chi connectivity index (χ4n) is 1.62. The molecule has 0 aliphatic carbocycles. The zero-order chi connectivity index (χ0) is 13.7. The number of rotatable bonds is 5. The van der Waals surface area contributed by atoms with Crippen molar-refractivity contribution in [3.8, 4) is 0 Å². The highest BCUT2D eigenvalue weighted by Crippen LogP contribution is 2.09. The van der Waals surface area contributed by atoms with Gasteiger partial charge in [0, 0.05) is 24.7 Å². The molecule has 6 nitrogen and oxygen atoms in total. The summed E-state index contributed by atoms with van der Waals surface area (Å²) in [7, 11) is 0. The minimum absolute atomic E-state index is 0.162. The highest BCUT2D eigenvalue weighted by atomic mass is 16.5. The van der Waals surface area contributed by atoms with Crippen LogP contribution in [0.15, 0.2) is 28.8 Å². The van der Waals surface area contributed by atoms with Crippen molar-refractivity contribution < 1.29 is 9.32 Å². The molecule has 0 atom stereocenters. The monoisotopic (exact) mass is 260 g/mol. The Morgan fingerprint density at radius 1 is 1.32 bits per heavy atom. The van der Waals surface area contributed by atoms with Crippen LogP contribution in [0.2, 0.25) is 0 Å². The normalized spacial score (nSPS) is 10.2. The van der Waals surface area contributed by atoms with Gasteiger partial charge in [0.25, 0.3) is 5.91 Å². The van der Waals surface area contributed by atoms with Crippen LogP contribution >= 0.6 is 0 Å². The number of amides is 1. The van der Waals surface area contributed by atoms with Gasteiger partial charge in [0.15, 0.2) is 5.82 Å². The zero-order valence-electron chi connectivity index (χ0n) is 10.9. The first kappa shape index (κ1) is 13.1. The second-order valence-corrected chi connectivity index (χ2v) is 4.02. The lowest BCUT2D eigenvalue weighted by molar-refractivity contribution is 0.0949. The predicted molar refractivity (Wildman–Crippen MR) is 70.8 cm³/mol. The molecule has 0 saturated heterocycles. The second-order valence-electron chi connectivity index (χ2n) is 4.02. The van der Waals surface area contributed by atoms with E-state index in [0.717, 1.165) is 12.2 Å². The first-order valence-corrected chi connectivity index (χ1v) is 6.10. The van der Waals surface area contributed by atoms with E-state index in [0.29, 0.717) is 17.3 Å². The molecule has 2 aromatic rings. The van der Waals surface area contributed by atoms with Crippen LogP contribution < -0.4 is 10.6 Å². The molecule has 2 rings (SSSR count). The maximum absolute atomic E-state index is 11.9. The number of nitrogens with one attached hydrogen (secondary N) is 2. The molecular formula is C13H16N4O2. The first-order valence-electron chi connectivity index (χ1n) is 6.10. The van der Waals surface area contributed by atoms with Gasteiger partial charge in [0.2, 0.25) is 5.89 Å². The summed E-state index contributed by atoms with van der Waals surface area (Å²) in [6.45, 7) is 4.83. The summed E-state index contributed by atoms with van der Waals surface area (Å²) in [5, 5.41) is 9.61. The smallest absolute Gasteiger partial charge is 0.251 e. The summed E-state index contributed by atoms with van der Waals surface area (Å²) in [4.78, 5) is 15.9. The molecule has 0 fully saturated rings. The lowest BCUT2D eigenvalue weighted by Gasteiger charge is -2.05. The van der Waals surface area contributed by atoms with Crippen LogP contribution in [-0.2, 0) is 6.54 Å². The summed E-state index contributed by atoms with van der Waals surface area (Å²) in [5.41, 5.74) is 1.59. The molecule has 2 N–H and O–H groups in total. The summed E-state index contributed by atoms with van der Waals surface area (Å²) in [5.74, 6) is 0.792. The molecule has 100 valence electrons. The van der Waals surface area contributed by atoms with Crippen molar-refractivity contribution in [3.63, 3.8) is 0 Å². The Bertz CT molecular complexity index is 548. The third-order valence-corrected chi connectivity index (χ3v) is 2.50. The Balaban J connectivity index is 1.92. The van der Waals surface area contributed by atoms with E-state index in [1.807, 2.05) is 19.1 Å². The van der Waals surface area contributed by atoms with E-state index in [1.165, 1.54) is 0 Å². The summed E-state index contributed by atoms with van der Waals surface area (Å²) in [6.07, 6.45) is 0. The highest BCUT2D eigenvalue weighted by Gasteiger charge is 2.07. The summed E-state index contributed by atoms with van der Waals surface area (Å²) in [6, 6.07) is 7.29. The van der Waals surface area contributed by atoms with Gasteiger partial charge >= 0.3 is 0 Å². The average molecular weight is 260 g/mol. The van der Waals surface area contributed by atoms with Gasteiger partial charge in [-0.2, -0.15) is 4.98 Å². The molecule has 0 radical (unpaired) electrons. The van der Waals surface area contributed by atoms with Crippen molar-refractivity contribution >= 4 is 11.6 Å². The number of aryl methyl sites for hydroxylation is 1. The highest BCUT2D eigenvalue weighted by molar-refractivity contribution is 5.94. The maximum Gasteiger partial charge on any atom is 0.251 e. The van der Waals surface area contributed by atoms with Crippen LogP contribution in [0.3, 0.4) is 0 Å². The number of hydrogen-bond acceptors (Lipinski definition) is 5. The Morgan fingerprint density at radius 2 is 2.05 bits per heavy atom. The van der Waals surface area contributed by atoms with E-state index in [-0.39, 0.29) is 12.5 Å². The van der Waals surface area contributed by atoms with Crippen molar-refractivity contribution in [1.82, 2.24) is 15.5 Å². The van der Waals surface area contributed by atoms with Crippen LogP contribution in [-0.4, -0.2) is 22.6 Å². The number of benzene rings is 1. The fourth-order valence-corrected chi connectivity index (χ4v) is 1.62. The molecular weight excluding hydrogens is 244 g/mol. The third kappa shape index (κ3) is 3.54. The van der Waals surface area contributed by atoms with E-state index in [4.69, 9.17) is 4.52 Å². The molecule has 0 bridgehead atoms. The van der Waals surface area contributed by atoms with Gasteiger partial charge in [-0.25, -0.2) is 0 Å². The van der Waals surface area contributed by atoms with Gasteiger partial charge < -0.3 is 15.2 Å². The van der Waals surface area contributed by atoms with E-state index >= 15 is 0 Å². The first-order chi connectivity index (χ1) is 9.19. The average Bonchev–Trinajstić information content (AvgIpc) is 2.83. The lowest BCUT2D eigenvalue weighted by Crippen LogP contribution is -2.23. The van der Waals surface area contributed by atoms with Gasteiger partial charge in [0.1, 0.15) is 0 Å². The topological polar surface area (TPSA) is 80.0 Å². The Kier molecular flexibility index (Phi) is 4.12. The number of hydrogen-bond donors (Lipinski definition) is 2. The van der Waals surface area contributed by atoms with E-state index in [9.17, 15) is 4.79 Å². The van der Waals surface area contributed by atoms with Crippen molar-refractivity contribution in [1.29, 1.82) is 0 Å². The SMILES string of the molecule is CCNc1ccc(C(=O)NCc2noc(C)n2)cc1. The molecule has 0 saturated carbocycles. The number of nitrogens with zero attached hydrogens (tertiary/aromatic N) is 2. The van der Waals surface area contributed by atoms with Gasteiger partial charge in [-0.15, -0.1) is 0 Å². The third-order valence-electron chi connectivity index (χ3n) is 2.50. The summed E-state index contributed by atoms with van der Waals surface area (Å²) < 4.78 is 4.82. The van der Waals surface area contributed by atoms with Gasteiger partial charge in [0.05, 0.1) is 6.54 Å². The van der Waals surface area contributed by atoms with E-state index in [2.05, 4.69) is 20.8 Å². The van der Waals surface area contributed by atoms with Gasteiger partial charge in [-0.05, 0) is 31.2 Å². The Hall–Kier alpha value is -2.37. The lowest BCUT2D eigenvalue weighted by atomic mass is 10.2. The molecule has 0 aliphatic heterocycles. The van der Waals surface area contributed by atoms with Crippen molar-refractivity contribution in [2.75, 3.05) is 11.9 Å². The number of carbonyl (C=O) groups excluding carboxylic acids is 1. The van der Waals surface area contributed by atoms with Crippen LogP contribution in [0.4, 0.5) is 5.69 Å². The van der Waals surface area contributed by atoms with Crippen LogP contribution in [0, 0.1) is 6.92 Å². The number of anilines is 1. The van der Waals surface area contributed by atoms with Crippen LogP contribution in [0.1, 0.15) is 29.0 Å². The minimum Gasteiger partial charge on any atom is -0.385 e. The molecule has 1 aromatic carbocycles. The molecule has 1 heterocycles. The van der Waals surface area contributed by atoms with Crippen LogP contribution in [0.25, 0.3) is 0 Å². The Labute approximate surface area is 111 Å². The number of carbonyl (C=O) groups is 1. The van der Waals surface area contributed by atoms with E-state index < -0.39 is 0 Å². The molecule has 0 unspecified atom stereocenters. The van der Waals surface area contributed by atoms with Gasteiger partial charge in [-0.1, -0.05) is 5.16 Å². The zero-order valence-corrected chi connectivity index (χ0v) is 10.9. The molecule has 0 aliphatic rings. The summed E-state index contributed by atoms with van der Waals surface area (Å²) >= 11 is 0. The Morgan fingerprint density at radius 3 is 2.63 bits per heavy atom. The van der Waals surface area contributed by atoms with Crippen molar-refractivity contribution in [2.24, 2.45) is 0 Å². The van der Waals surface area contributed by atoms with Crippen LogP contribution in [0.5, 0.6) is 0 Å². The second kappa shape index (κ2) is 5.99. The largest absolute Gasteiger partial charge is 0.385 e. The minimum atomic E-state index is -0.162. The van der Waals surface area contributed by atoms with Crippen molar-refractivity contribution in [2.45, 2.75) is 20.4 Å².